The summed E-state index contributed by atoms with van der Waals surface area (Å²) in [5.74, 6) is 0.200. The monoisotopic (exact) mass is 523 g/mol. The number of nitrogens with one attached hydrogen (secondary N) is 2. The molecule has 3 aliphatic heterocycles. The van der Waals surface area contributed by atoms with Crippen LogP contribution in [0, 0.1) is 6.92 Å². The summed E-state index contributed by atoms with van der Waals surface area (Å²) < 4.78 is 12.2. The Balaban J connectivity index is 1.38. The quantitative estimate of drug-likeness (QED) is 0.458. The minimum Gasteiger partial charge on any atom is -0.461 e. The van der Waals surface area contributed by atoms with Crippen molar-refractivity contribution in [3.05, 3.63) is 48.1 Å². The van der Waals surface area contributed by atoms with Crippen LogP contribution in [0.2, 0.25) is 0 Å². The molecule has 194 valence electrons. The van der Waals surface area contributed by atoms with E-state index in [-0.39, 0.29) is 5.91 Å². The number of pyridine rings is 2. The predicted octanol–water partition coefficient (Wildman–Crippen LogP) is 2.07. The third kappa shape index (κ3) is 4.56. The number of carbonyl (C=O) groups is 1. The molecule has 11 nitrogen and oxygen atoms in total. The fourth-order valence-corrected chi connectivity index (χ4v) is 5.91. The van der Waals surface area contributed by atoms with Gasteiger partial charge in [0.05, 0.1) is 29.7 Å². The van der Waals surface area contributed by atoms with Gasteiger partial charge in [-0.3, -0.25) is 9.78 Å². The van der Waals surface area contributed by atoms with Crippen LogP contribution in [0.3, 0.4) is 0 Å². The molecule has 0 radical (unpaired) electrons. The number of anilines is 3. The zero-order chi connectivity index (χ0) is 25.4. The molecule has 2 fully saturated rings. The van der Waals surface area contributed by atoms with E-state index in [4.69, 9.17) is 19.4 Å². The highest BCUT2D eigenvalue weighted by Gasteiger charge is 2.44. The highest BCUT2D eigenvalue weighted by Crippen LogP contribution is 2.37. The summed E-state index contributed by atoms with van der Waals surface area (Å²) in [5.41, 5.74) is 1.14. The largest absolute Gasteiger partial charge is 0.461 e. The van der Waals surface area contributed by atoms with Crippen LogP contribution in [0.15, 0.2) is 36.9 Å². The predicted molar refractivity (Wildman–Crippen MR) is 141 cm³/mol. The number of aliphatic hydroxyl groups excluding tert-OH is 1. The Hall–Kier alpha value is -3.48. The zero-order valence-corrected chi connectivity index (χ0v) is 21.3. The van der Waals surface area contributed by atoms with Gasteiger partial charge in [-0.1, -0.05) is 11.3 Å². The van der Waals surface area contributed by atoms with Gasteiger partial charge in [0.1, 0.15) is 6.26 Å². The molecule has 0 bridgehead atoms. The van der Waals surface area contributed by atoms with Crippen LogP contribution in [0.5, 0.6) is 0 Å². The van der Waals surface area contributed by atoms with E-state index >= 15 is 0 Å². The standard InChI is InChI=1S/C25H29N7O4S/c1-16-13-17(4-5-26-16)25(27-6-10-36-25)23(34)28-19-14-20-21(29-22(19)32-7-2-3-18(33)15-32)30-24(37-20)31-8-11-35-12-9-31/h4-6,10,13-14,18,27,33H,2-3,7-9,11-12,15H2,1H3,(H,28,34)/t18?,25-/m1/s1. The number of aliphatic hydroxyl groups is 1. The summed E-state index contributed by atoms with van der Waals surface area (Å²) in [4.78, 5) is 32.0. The fourth-order valence-electron chi connectivity index (χ4n) is 4.91. The van der Waals surface area contributed by atoms with Crippen LogP contribution in [0.4, 0.5) is 16.6 Å². The first-order valence-electron chi connectivity index (χ1n) is 12.4. The highest BCUT2D eigenvalue weighted by molar-refractivity contribution is 7.22. The smallest absolute Gasteiger partial charge is 0.295 e. The number of aromatic nitrogens is 3. The number of hydrogen-bond acceptors (Lipinski definition) is 11. The number of fused-ring (bicyclic) bond motifs is 1. The molecule has 0 saturated carbocycles. The van der Waals surface area contributed by atoms with Gasteiger partial charge in [0, 0.05) is 49.8 Å². The summed E-state index contributed by atoms with van der Waals surface area (Å²) >= 11 is 1.54. The minimum absolute atomic E-state index is 0.388. The van der Waals surface area contributed by atoms with Crippen molar-refractivity contribution in [3.8, 4) is 0 Å². The second-order valence-electron chi connectivity index (χ2n) is 9.41. The molecule has 3 aromatic rings. The van der Waals surface area contributed by atoms with E-state index in [1.807, 2.05) is 24.0 Å². The number of carbonyl (C=O) groups excluding carboxylic acids is 1. The molecule has 12 heteroatoms. The van der Waals surface area contributed by atoms with Crippen molar-refractivity contribution in [2.45, 2.75) is 31.6 Å². The second kappa shape index (κ2) is 9.77. The number of nitrogens with zero attached hydrogens (tertiary/aromatic N) is 5. The molecule has 2 saturated heterocycles. The van der Waals surface area contributed by atoms with Crippen molar-refractivity contribution < 1.29 is 19.4 Å². The Morgan fingerprint density at radius 3 is 2.86 bits per heavy atom. The van der Waals surface area contributed by atoms with Crippen molar-refractivity contribution in [2.24, 2.45) is 0 Å². The number of hydrogen-bond donors (Lipinski definition) is 3. The van der Waals surface area contributed by atoms with Gasteiger partial charge in [0.2, 0.25) is 0 Å². The molecule has 2 atom stereocenters. The third-order valence-corrected chi connectivity index (χ3v) is 7.85. The number of ether oxygens (including phenoxy) is 2. The topological polar surface area (TPSA) is 125 Å². The number of thiazole rings is 1. The lowest BCUT2D eigenvalue weighted by Crippen LogP contribution is -2.49. The highest BCUT2D eigenvalue weighted by atomic mass is 32.1. The molecular formula is C25H29N7O4S. The van der Waals surface area contributed by atoms with E-state index in [0.717, 1.165) is 48.0 Å². The first-order valence-corrected chi connectivity index (χ1v) is 13.3. The van der Waals surface area contributed by atoms with Crippen LogP contribution < -0.4 is 20.4 Å². The Morgan fingerprint density at radius 1 is 1.24 bits per heavy atom. The Bertz CT molecular complexity index is 1330. The van der Waals surface area contributed by atoms with Gasteiger partial charge in [-0.2, -0.15) is 4.98 Å². The van der Waals surface area contributed by atoms with Crippen LogP contribution in [-0.4, -0.2) is 71.5 Å². The van der Waals surface area contributed by atoms with E-state index in [0.29, 0.717) is 42.5 Å². The van der Waals surface area contributed by atoms with E-state index in [1.165, 1.54) is 6.26 Å². The summed E-state index contributed by atoms with van der Waals surface area (Å²) in [6, 6.07) is 5.50. The van der Waals surface area contributed by atoms with Crippen molar-refractivity contribution in [1.82, 2.24) is 20.3 Å². The number of amides is 1. The van der Waals surface area contributed by atoms with E-state index in [9.17, 15) is 9.90 Å². The molecule has 0 aromatic carbocycles. The van der Waals surface area contributed by atoms with Crippen LogP contribution in [0.1, 0.15) is 24.1 Å². The average Bonchev–Trinajstić information content (AvgIpc) is 3.57. The lowest BCUT2D eigenvalue weighted by atomic mass is 10.0. The molecule has 3 N–H and O–H groups in total. The lowest BCUT2D eigenvalue weighted by Gasteiger charge is -2.33. The van der Waals surface area contributed by atoms with Gasteiger partial charge in [-0.15, -0.1) is 0 Å². The number of β-amino-alcohol motifs (C(OH)–C–C–N with tert-alkyl or cyclic N) is 1. The Labute approximate surface area is 218 Å². The Morgan fingerprint density at radius 2 is 2.11 bits per heavy atom. The molecule has 0 aliphatic carbocycles. The number of piperidine rings is 1. The van der Waals surface area contributed by atoms with Gasteiger partial charge < -0.3 is 35.0 Å². The minimum atomic E-state index is -1.44. The maximum Gasteiger partial charge on any atom is 0.295 e. The van der Waals surface area contributed by atoms with E-state index < -0.39 is 11.8 Å². The molecular weight excluding hydrogens is 494 g/mol. The number of morpholine rings is 1. The molecule has 6 rings (SSSR count). The summed E-state index contributed by atoms with van der Waals surface area (Å²) in [5, 5.41) is 17.4. The van der Waals surface area contributed by atoms with Gasteiger partial charge >= 0.3 is 0 Å². The normalized spacial score (nSPS) is 23.7. The van der Waals surface area contributed by atoms with Crippen LogP contribution >= 0.6 is 11.3 Å². The first-order chi connectivity index (χ1) is 18.0. The molecule has 1 amide bonds. The summed E-state index contributed by atoms with van der Waals surface area (Å²) in [7, 11) is 0. The summed E-state index contributed by atoms with van der Waals surface area (Å²) in [6.07, 6.45) is 5.85. The molecule has 37 heavy (non-hydrogen) atoms. The maximum atomic E-state index is 13.8. The zero-order valence-electron chi connectivity index (χ0n) is 20.5. The summed E-state index contributed by atoms with van der Waals surface area (Å²) in [6.45, 7) is 5.91. The first kappa shape index (κ1) is 23.9. The van der Waals surface area contributed by atoms with Crippen LogP contribution in [-0.2, 0) is 20.0 Å². The Kier molecular flexibility index (Phi) is 6.31. The van der Waals surface area contributed by atoms with Crippen molar-refractivity contribution in [1.29, 1.82) is 0 Å². The van der Waals surface area contributed by atoms with Crippen molar-refractivity contribution in [3.63, 3.8) is 0 Å². The molecule has 0 spiro atoms. The van der Waals surface area contributed by atoms with Gasteiger partial charge in [-0.25, -0.2) is 4.98 Å². The molecule has 3 aliphatic rings. The van der Waals surface area contributed by atoms with Crippen molar-refractivity contribution >= 4 is 44.2 Å². The van der Waals surface area contributed by atoms with Crippen LogP contribution in [0.25, 0.3) is 10.3 Å². The van der Waals surface area contributed by atoms with E-state index in [2.05, 4.69) is 20.5 Å². The van der Waals surface area contributed by atoms with Gasteiger partial charge in [-0.05, 0) is 38.0 Å². The average molecular weight is 524 g/mol. The SMILES string of the molecule is Cc1cc([C@@]2(C(=O)Nc3cc4sc(N5CCOCC5)nc4nc3N3CCCC(O)C3)NC=CO2)ccn1. The van der Waals surface area contributed by atoms with Gasteiger partial charge in [0.15, 0.2) is 16.6 Å². The third-order valence-electron chi connectivity index (χ3n) is 6.80. The number of rotatable bonds is 5. The van der Waals surface area contributed by atoms with E-state index in [1.54, 1.807) is 29.8 Å². The lowest BCUT2D eigenvalue weighted by molar-refractivity contribution is -0.136. The molecule has 6 heterocycles. The fraction of sp³-hybridized carbons (Fsp3) is 0.440. The maximum absolute atomic E-state index is 13.8. The van der Waals surface area contributed by atoms with Crippen molar-refractivity contribution in [2.75, 3.05) is 54.5 Å². The van der Waals surface area contributed by atoms with Gasteiger partial charge in [0.25, 0.3) is 11.6 Å². The molecule has 1 unspecified atom stereocenters. The second-order valence-corrected chi connectivity index (χ2v) is 10.4. The molecule has 3 aromatic heterocycles. The number of aryl methyl sites for hydroxylation is 1.